The minimum Gasteiger partial charge on any atom is -0.497 e. The maximum Gasteiger partial charge on any atom is 0.278 e. The molecule has 4 rings (SSSR count). The average molecular weight is 465 g/mol. The molecule has 1 aromatic carbocycles. The Kier molecular flexibility index (Phi) is 7.01. The van der Waals surface area contributed by atoms with E-state index < -0.39 is 0 Å². The van der Waals surface area contributed by atoms with E-state index in [1.54, 1.807) is 50.6 Å². The van der Waals surface area contributed by atoms with Gasteiger partial charge in [0.2, 0.25) is 0 Å². The Bertz CT molecular complexity index is 1140. The van der Waals surface area contributed by atoms with E-state index >= 15 is 0 Å². The van der Waals surface area contributed by atoms with Crippen LogP contribution in [0.4, 0.5) is 0 Å². The van der Waals surface area contributed by atoms with Gasteiger partial charge >= 0.3 is 0 Å². The molecule has 3 heterocycles. The van der Waals surface area contributed by atoms with E-state index in [9.17, 15) is 4.79 Å². The fraction of sp³-hybridized carbons (Fsp3) is 0.320. The molecular formula is C25H28N4O5. The predicted molar refractivity (Wildman–Crippen MR) is 127 cm³/mol. The van der Waals surface area contributed by atoms with Crippen LogP contribution in [0.25, 0.3) is 0 Å². The molecular weight excluding hydrogens is 436 g/mol. The average Bonchev–Trinajstić information content (AvgIpc) is 2.89. The summed E-state index contributed by atoms with van der Waals surface area (Å²) >= 11 is 0. The molecule has 2 aliphatic rings. The molecule has 2 N–H and O–H groups in total. The second kappa shape index (κ2) is 10.3. The van der Waals surface area contributed by atoms with Gasteiger partial charge in [-0.2, -0.15) is 0 Å². The largest absolute Gasteiger partial charge is 0.497 e. The lowest BCUT2D eigenvalue weighted by Crippen LogP contribution is -2.40. The Morgan fingerprint density at radius 3 is 2.47 bits per heavy atom. The second-order valence-electron chi connectivity index (χ2n) is 7.86. The van der Waals surface area contributed by atoms with Crippen molar-refractivity contribution in [2.24, 2.45) is 16.6 Å². The zero-order valence-corrected chi connectivity index (χ0v) is 19.5. The normalized spacial score (nSPS) is 17.8. The first-order valence-electron chi connectivity index (χ1n) is 10.9. The molecule has 34 heavy (non-hydrogen) atoms. The van der Waals surface area contributed by atoms with Crippen LogP contribution in [0.15, 0.2) is 64.8 Å². The third-order valence-corrected chi connectivity index (χ3v) is 5.88. The summed E-state index contributed by atoms with van der Waals surface area (Å²) in [4.78, 5) is 23.5. The summed E-state index contributed by atoms with van der Waals surface area (Å²) in [5.74, 6) is 2.98. The standard InChI is InChI=1S/C25H28N4O5/c1-31-17-4-6-18(7-5-17)34-23-14-28-20(12-22(23)33-3)25(30)29-15-19(16-8-10-27-11-9-16)21(32-2)13-24(29)26/h4-7,10,12-14,16H,8-9,11,15,26H2,1-3H3. The molecule has 9 heteroatoms. The Morgan fingerprint density at radius 1 is 1.06 bits per heavy atom. The Labute approximate surface area is 198 Å². The number of pyridine rings is 1. The van der Waals surface area contributed by atoms with Crippen molar-refractivity contribution >= 4 is 12.1 Å². The van der Waals surface area contributed by atoms with Gasteiger partial charge in [0.1, 0.15) is 28.8 Å². The number of carbonyl (C=O) groups excluding carboxylic acids is 1. The molecule has 0 spiro atoms. The van der Waals surface area contributed by atoms with Gasteiger partial charge in [-0.05, 0) is 54.8 Å². The number of nitrogens with zero attached hydrogens (tertiary/aromatic N) is 3. The lowest BCUT2D eigenvalue weighted by molar-refractivity contribution is 0.0798. The molecule has 2 aliphatic heterocycles. The van der Waals surface area contributed by atoms with Crippen LogP contribution in [0.3, 0.4) is 0 Å². The van der Waals surface area contributed by atoms with E-state index in [0.29, 0.717) is 35.4 Å². The van der Waals surface area contributed by atoms with Crippen LogP contribution in [0.5, 0.6) is 23.0 Å². The van der Waals surface area contributed by atoms with Crippen molar-refractivity contribution in [2.75, 3.05) is 34.4 Å². The van der Waals surface area contributed by atoms with E-state index in [-0.39, 0.29) is 17.5 Å². The monoisotopic (exact) mass is 464 g/mol. The van der Waals surface area contributed by atoms with Gasteiger partial charge in [0, 0.05) is 18.7 Å². The number of methoxy groups -OCH3 is 3. The number of aliphatic imine (C=N–C) groups is 1. The quantitative estimate of drug-likeness (QED) is 0.668. The fourth-order valence-electron chi connectivity index (χ4n) is 4.00. The van der Waals surface area contributed by atoms with Crippen molar-refractivity contribution in [1.29, 1.82) is 0 Å². The number of benzene rings is 1. The second-order valence-corrected chi connectivity index (χ2v) is 7.86. The van der Waals surface area contributed by atoms with Crippen molar-refractivity contribution in [3.8, 4) is 23.0 Å². The zero-order valence-electron chi connectivity index (χ0n) is 19.5. The Hall–Kier alpha value is -4.01. The van der Waals surface area contributed by atoms with Crippen LogP contribution in [-0.4, -0.2) is 56.4 Å². The number of allylic oxidation sites excluding steroid dienone is 1. The van der Waals surface area contributed by atoms with E-state index in [0.717, 1.165) is 30.7 Å². The highest BCUT2D eigenvalue weighted by molar-refractivity contribution is 5.94. The third-order valence-electron chi connectivity index (χ3n) is 5.88. The lowest BCUT2D eigenvalue weighted by Gasteiger charge is -2.32. The van der Waals surface area contributed by atoms with Gasteiger partial charge in [0.05, 0.1) is 34.1 Å². The van der Waals surface area contributed by atoms with Crippen LogP contribution >= 0.6 is 0 Å². The zero-order chi connectivity index (χ0) is 24.1. The summed E-state index contributed by atoms with van der Waals surface area (Å²) in [6.45, 7) is 1.09. The first-order valence-corrected chi connectivity index (χ1v) is 10.9. The molecule has 1 unspecified atom stereocenters. The molecule has 178 valence electrons. The molecule has 0 fully saturated rings. The summed E-state index contributed by atoms with van der Waals surface area (Å²) in [6.07, 6.45) is 6.80. The summed E-state index contributed by atoms with van der Waals surface area (Å²) < 4.78 is 22.1. The number of hydrogen-bond donors (Lipinski definition) is 1. The molecule has 2 aromatic rings. The van der Waals surface area contributed by atoms with Crippen molar-refractivity contribution in [3.05, 3.63) is 65.5 Å². The summed E-state index contributed by atoms with van der Waals surface area (Å²) in [7, 11) is 4.72. The van der Waals surface area contributed by atoms with Gasteiger partial charge in [0.15, 0.2) is 11.5 Å². The van der Waals surface area contributed by atoms with Crippen molar-refractivity contribution in [2.45, 2.75) is 12.8 Å². The van der Waals surface area contributed by atoms with Crippen LogP contribution in [0.2, 0.25) is 0 Å². The van der Waals surface area contributed by atoms with Crippen molar-refractivity contribution < 1.29 is 23.7 Å². The number of aromatic nitrogens is 1. The first-order chi connectivity index (χ1) is 16.5. The number of rotatable bonds is 7. The summed E-state index contributed by atoms with van der Waals surface area (Å²) in [5.41, 5.74) is 7.46. The maximum absolute atomic E-state index is 13.4. The lowest BCUT2D eigenvalue weighted by atomic mass is 9.88. The van der Waals surface area contributed by atoms with Crippen LogP contribution in [0, 0.1) is 5.92 Å². The van der Waals surface area contributed by atoms with Gasteiger partial charge in [-0.25, -0.2) is 4.98 Å². The number of hydrogen-bond acceptors (Lipinski definition) is 8. The Morgan fingerprint density at radius 2 is 1.82 bits per heavy atom. The van der Waals surface area contributed by atoms with Crippen LogP contribution in [-0.2, 0) is 4.74 Å². The molecule has 1 amide bonds. The van der Waals surface area contributed by atoms with E-state index in [1.807, 2.05) is 6.21 Å². The third kappa shape index (κ3) is 4.83. The fourth-order valence-corrected chi connectivity index (χ4v) is 4.00. The summed E-state index contributed by atoms with van der Waals surface area (Å²) in [5, 5.41) is 0. The minimum atomic E-state index is -0.333. The van der Waals surface area contributed by atoms with Crippen molar-refractivity contribution in [1.82, 2.24) is 9.88 Å². The van der Waals surface area contributed by atoms with E-state index in [1.165, 1.54) is 18.2 Å². The first kappa shape index (κ1) is 23.2. The van der Waals surface area contributed by atoms with E-state index in [4.69, 9.17) is 24.7 Å². The maximum atomic E-state index is 13.4. The predicted octanol–water partition coefficient (Wildman–Crippen LogP) is 3.53. The molecule has 1 atom stereocenters. The number of nitrogens with two attached hydrogens (primary N) is 1. The van der Waals surface area contributed by atoms with Gasteiger partial charge in [-0.3, -0.25) is 14.7 Å². The highest BCUT2D eigenvalue weighted by Gasteiger charge is 2.30. The number of amides is 1. The molecule has 9 nitrogen and oxygen atoms in total. The Balaban J connectivity index is 1.55. The molecule has 1 aromatic heterocycles. The van der Waals surface area contributed by atoms with E-state index in [2.05, 4.69) is 9.98 Å². The van der Waals surface area contributed by atoms with Crippen LogP contribution < -0.4 is 19.9 Å². The highest BCUT2D eigenvalue weighted by atomic mass is 16.5. The van der Waals surface area contributed by atoms with Crippen LogP contribution in [0.1, 0.15) is 23.3 Å². The van der Waals surface area contributed by atoms with Crippen molar-refractivity contribution in [3.63, 3.8) is 0 Å². The van der Waals surface area contributed by atoms with Gasteiger partial charge < -0.3 is 24.7 Å². The molecule has 0 bridgehead atoms. The SMILES string of the molecule is COC1=C(C2CC=NCC2)CN(C(=O)c2cc(OC)c(Oc3ccc(OC)cc3)cn2)C(N)=C1. The smallest absolute Gasteiger partial charge is 0.278 e. The van der Waals surface area contributed by atoms with Gasteiger partial charge in [-0.1, -0.05) is 0 Å². The minimum absolute atomic E-state index is 0.195. The molecule has 0 saturated heterocycles. The molecule has 0 saturated carbocycles. The number of ether oxygens (including phenoxy) is 4. The van der Waals surface area contributed by atoms with Gasteiger partial charge in [-0.15, -0.1) is 0 Å². The number of carbonyl (C=O) groups is 1. The van der Waals surface area contributed by atoms with Gasteiger partial charge in [0.25, 0.3) is 5.91 Å². The topological polar surface area (TPSA) is 108 Å². The molecule has 0 aliphatic carbocycles. The highest BCUT2D eigenvalue weighted by Crippen LogP contribution is 2.34. The molecule has 0 radical (unpaired) electrons. The summed E-state index contributed by atoms with van der Waals surface area (Å²) in [6, 6.07) is 8.67.